The molecular formula is C17H15N3O4. The van der Waals surface area contributed by atoms with Gasteiger partial charge in [-0.2, -0.15) is 9.83 Å². The first-order valence-electron chi connectivity index (χ1n) is 7.43. The Kier molecular flexibility index (Phi) is 4.51. The first-order chi connectivity index (χ1) is 11.6. The lowest BCUT2D eigenvalue weighted by Crippen LogP contribution is -2.29. The fourth-order valence-corrected chi connectivity index (χ4v) is 2.30. The van der Waals surface area contributed by atoms with Crippen LogP contribution in [0, 0.1) is 5.21 Å². The second-order valence-electron chi connectivity index (χ2n) is 5.20. The highest BCUT2D eigenvalue weighted by Crippen LogP contribution is 2.13. The minimum absolute atomic E-state index is 0.213. The zero-order valence-electron chi connectivity index (χ0n) is 12.8. The summed E-state index contributed by atoms with van der Waals surface area (Å²) >= 11 is 0. The van der Waals surface area contributed by atoms with E-state index in [9.17, 15) is 14.8 Å². The number of esters is 1. The normalized spacial score (nSPS) is 13.5. The number of benzene rings is 1. The van der Waals surface area contributed by atoms with Crippen molar-refractivity contribution in [1.82, 2.24) is 5.01 Å². The summed E-state index contributed by atoms with van der Waals surface area (Å²) in [6, 6.07) is 12.3. The van der Waals surface area contributed by atoms with E-state index in [2.05, 4.69) is 5.10 Å². The molecule has 0 saturated carbocycles. The molecule has 0 fully saturated rings. The molecule has 2 heterocycles. The molecule has 1 aliphatic rings. The van der Waals surface area contributed by atoms with Gasteiger partial charge in [0.2, 0.25) is 0 Å². The molecule has 2 aromatic rings. The van der Waals surface area contributed by atoms with Crippen LogP contribution in [-0.2, 0) is 9.53 Å². The minimum atomic E-state index is -0.657. The predicted octanol–water partition coefficient (Wildman–Crippen LogP) is 1.11. The van der Waals surface area contributed by atoms with E-state index in [4.69, 9.17) is 4.74 Å². The predicted molar refractivity (Wildman–Crippen MR) is 85.0 cm³/mol. The number of carbonyl (C=O) groups excluding carboxylic acids is 2. The molecule has 0 radical (unpaired) electrons. The summed E-state index contributed by atoms with van der Waals surface area (Å²) in [6.45, 7) is 0.0683. The van der Waals surface area contributed by atoms with E-state index in [1.165, 1.54) is 29.5 Å². The zero-order chi connectivity index (χ0) is 16.9. The van der Waals surface area contributed by atoms with Crippen molar-refractivity contribution in [3.8, 4) is 0 Å². The zero-order valence-corrected chi connectivity index (χ0v) is 12.8. The monoisotopic (exact) mass is 325 g/mol. The van der Waals surface area contributed by atoms with Gasteiger partial charge in [0, 0.05) is 18.6 Å². The fourth-order valence-electron chi connectivity index (χ4n) is 2.30. The van der Waals surface area contributed by atoms with Gasteiger partial charge in [0.25, 0.3) is 5.91 Å². The van der Waals surface area contributed by atoms with Crippen LogP contribution in [0.1, 0.15) is 22.3 Å². The molecule has 24 heavy (non-hydrogen) atoms. The molecule has 1 amide bonds. The number of nitrogens with zero attached hydrogens (tertiary/aromatic N) is 3. The number of amides is 1. The summed E-state index contributed by atoms with van der Waals surface area (Å²) in [5, 5.41) is 16.5. The number of hydrogen-bond donors (Lipinski definition) is 0. The number of ether oxygens (including phenoxy) is 1. The molecule has 0 spiro atoms. The van der Waals surface area contributed by atoms with Crippen LogP contribution in [0.4, 0.5) is 0 Å². The second-order valence-corrected chi connectivity index (χ2v) is 5.20. The Hall–Kier alpha value is -3.22. The fraction of sp³-hybridized carbons (Fsp3) is 0.176. The first-order valence-corrected chi connectivity index (χ1v) is 7.43. The van der Waals surface area contributed by atoms with Crippen LogP contribution in [0.15, 0.2) is 60.0 Å². The molecule has 3 rings (SSSR count). The Bertz CT molecular complexity index is 772. The summed E-state index contributed by atoms with van der Waals surface area (Å²) < 4.78 is 5.53. The van der Waals surface area contributed by atoms with E-state index in [1.54, 1.807) is 0 Å². The van der Waals surface area contributed by atoms with E-state index in [1.807, 2.05) is 30.3 Å². The number of carbonyl (C=O) groups is 2. The van der Waals surface area contributed by atoms with Crippen molar-refractivity contribution in [2.24, 2.45) is 5.10 Å². The second kappa shape index (κ2) is 6.91. The van der Waals surface area contributed by atoms with Gasteiger partial charge >= 0.3 is 5.97 Å². The largest absolute Gasteiger partial charge is 0.619 e. The molecule has 0 atom stereocenters. The summed E-state index contributed by atoms with van der Waals surface area (Å²) in [5.41, 5.74) is 2.02. The van der Waals surface area contributed by atoms with Crippen molar-refractivity contribution in [2.75, 3.05) is 13.2 Å². The summed E-state index contributed by atoms with van der Waals surface area (Å²) in [4.78, 5) is 23.9. The lowest BCUT2D eigenvalue weighted by Gasteiger charge is -2.11. The van der Waals surface area contributed by atoms with Crippen LogP contribution >= 0.6 is 0 Å². The van der Waals surface area contributed by atoms with Crippen molar-refractivity contribution in [3.05, 3.63) is 71.2 Å². The SMILES string of the molecule is O=C(OCC(=O)N1CCC(c2ccccc2)=N1)c1cc[n+]([O-])cc1. The first kappa shape index (κ1) is 15.7. The van der Waals surface area contributed by atoms with Crippen LogP contribution in [0.5, 0.6) is 0 Å². The maximum absolute atomic E-state index is 12.1. The Morgan fingerprint density at radius 3 is 2.58 bits per heavy atom. The van der Waals surface area contributed by atoms with Crippen molar-refractivity contribution in [1.29, 1.82) is 0 Å². The maximum atomic E-state index is 12.1. The highest BCUT2D eigenvalue weighted by atomic mass is 16.5. The van der Waals surface area contributed by atoms with E-state index in [0.29, 0.717) is 17.7 Å². The van der Waals surface area contributed by atoms with Crippen LogP contribution in [0.2, 0.25) is 0 Å². The number of rotatable bonds is 4. The minimum Gasteiger partial charge on any atom is -0.619 e. The molecule has 7 nitrogen and oxygen atoms in total. The van der Waals surface area contributed by atoms with Gasteiger partial charge < -0.3 is 9.94 Å². The lowest BCUT2D eigenvalue weighted by molar-refractivity contribution is -0.605. The number of hydrogen-bond acceptors (Lipinski definition) is 5. The summed E-state index contributed by atoms with van der Waals surface area (Å²) in [5.74, 6) is -1.04. The van der Waals surface area contributed by atoms with Crippen LogP contribution in [-0.4, -0.2) is 35.7 Å². The molecule has 0 saturated heterocycles. The van der Waals surface area contributed by atoms with Gasteiger partial charge in [0.05, 0.1) is 17.8 Å². The molecule has 7 heteroatoms. The molecule has 1 aromatic carbocycles. The quantitative estimate of drug-likeness (QED) is 0.479. The standard InChI is InChI=1S/C17H15N3O4/c21-16(12-24-17(22)14-6-9-19(23)10-7-14)20-11-8-15(18-20)13-4-2-1-3-5-13/h1-7,9-10H,8,11-12H2. The van der Waals surface area contributed by atoms with Crippen LogP contribution < -0.4 is 4.73 Å². The van der Waals surface area contributed by atoms with E-state index in [-0.39, 0.29) is 11.5 Å². The van der Waals surface area contributed by atoms with Crippen molar-refractivity contribution in [3.63, 3.8) is 0 Å². The molecule has 0 aliphatic carbocycles. The summed E-state index contributed by atoms with van der Waals surface area (Å²) in [6.07, 6.45) is 3.04. The number of pyridine rings is 1. The van der Waals surface area contributed by atoms with Gasteiger partial charge in [0.1, 0.15) is 0 Å². The van der Waals surface area contributed by atoms with E-state index in [0.717, 1.165) is 11.3 Å². The van der Waals surface area contributed by atoms with E-state index < -0.39 is 12.6 Å². The Morgan fingerprint density at radius 2 is 1.88 bits per heavy atom. The van der Waals surface area contributed by atoms with Crippen LogP contribution in [0.3, 0.4) is 0 Å². The molecular weight excluding hydrogens is 310 g/mol. The molecule has 0 unspecified atom stereocenters. The third kappa shape index (κ3) is 3.57. The highest BCUT2D eigenvalue weighted by molar-refractivity contribution is 6.02. The molecule has 122 valence electrons. The van der Waals surface area contributed by atoms with Gasteiger partial charge in [-0.05, 0) is 5.56 Å². The topological polar surface area (TPSA) is 85.9 Å². The van der Waals surface area contributed by atoms with Gasteiger partial charge in [-0.25, -0.2) is 9.80 Å². The molecule has 1 aromatic heterocycles. The molecule has 0 N–H and O–H groups in total. The third-order valence-electron chi connectivity index (χ3n) is 3.56. The average Bonchev–Trinajstić information content (AvgIpc) is 3.11. The van der Waals surface area contributed by atoms with Crippen LogP contribution in [0.25, 0.3) is 0 Å². The lowest BCUT2D eigenvalue weighted by atomic mass is 10.1. The van der Waals surface area contributed by atoms with Gasteiger partial charge in [0.15, 0.2) is 19.0 Å². The van der Waals surface area contributed by atoms with Gasteiger partial charge in [-0.1, -0.05) is 30.3 Å². The number of aromatic nitrogens is 1. The third-order valence-corrected chi connectivity index (χ3v) is 3.56. The smallest absolute Gasteiger partial charge is 0.339 e. The van der Waals surface area contributed by atoms with Gasteiger partial charge in [-0.15, -0.1) is 0 Å². The van der Waals surface area contributed by atoms with Crippen molar-refractivity contribution in [2.45, 2.75) is 6.42 Å². The van der Waals surface area contributed by atoms with Crippen molar-refractivity contribution < 1.29 is 19.1 Å². The Labute approximate surface area is 138 Å². The van der Waals surface area contributed by atoms with Gasteiger partial charge in [-0.3, -0.25) is 4.79 Å². The Balaban J connectivity index is 1.57. The summed E-state index contributed by atoms with van der Waals surface area (Å²) in [7, 11) is 0. The molecule has 0 bridgehead atoms. The maximum Gasteiger partial charge on any atom is 0.339 e. The van der Waals surface area contributed by atoms with E-state index >= 15 is 0 Å². The average molecular weight is 325 g/mol. The Morgan fingerprint density at radius 1 is 1.17 bits per heavy atom. The highest BCUT2D eigenvalue weighted by Gasteiger charge is 2.22. The number of hydrazone groups is 1. The molecule has 1 aliphatic heterocycles. The van der Waals surface area contributed by atoms with Crippen molar-refractivity contribution >= 4 is 17.6 Å².